The van der Waals surface area contributed by atoms with Crippen LogP contribution in [0.5, 0.6) is 0 Å². The predicted molar refractivity (Wildman–Crippen MR) is 77.5 cm³/mol. The van der Waals surface area contributed by atoms with Gasteiger partial charge in [-0.1, -0.05) is 32.0 Å². The van der Waals surface area contributed by atoms with Gasteiger partial charge in [-0.05, 0) is 36.6 Å². The number of hydrogen-bond acceptors (Lipinski definition) is 3. The summed E-state index contributed by atoms with van der Waals surface area (Å²) < 4.78 is 0. The fourth-order valence-electron chi connectivity index (χ4n) is 2.05. The van der Waals surface area contributed by atoms with E-state index in [2.05, 4.69) is 36.3 Å². The van der Waals surface area contributed by atoms with Crippen LogP contribution in [-0.4, -0.2) is 4.98 Å². The summed E-state index contributed by atoms with van der Waals surface area (Å²) >= 11 is 0. The van der Waals surface area contributed by atoms with E-state index in [-0.39, 0.29) is 0 Å². The van der Waals surface area contributed by atoms with E-state index in [0.29, 0.717) is 17.3 Å². The van der Waals surface area contributed by atoms with Crippen LogP contribution < -0.4 is 5.32 Å². The number of aromatic nitrogens is 1. The highest BCUT2D eigenvalue weighted by Crippen LogP contribution is 2.26. The van der Waals surface area contributed by atoms with Crippen molar-refractivity contribution in [1.82, 2.24) is 4.98 Å². The molecule has 0 amide bonds. The van der Waals surface area contributed by atoms with Crippen molar-refractivity contribution in [2.24, 2.45) is 0 Å². The van der Waals surface area contributed by atoms with E-state index in [0.717, 1.165) is 11.4 Å². The molecule has 0 saturated heterocycles. The van der Waals surface area contributed by atoms with Crippen LogP contribution in [0, 0.1) is 18.3 Å². The van der Waals surface area contributed by atoms with Crippen LogP contribution in [0.3, 0.4) is 0 Å². The van der Waals surface area contributed by atoms with Gasteiger partial charge >= 0.3 is 0 Å². The van der Waals surface area contributed by atoms with Crippen LogP contribution in [0.2, 0.25) is 0 Å². The fraction of sp³-hybridized carbons (Fsp3) is 0.250. The van der Waals surface area contributed by atoms with Crippen molar-refractivity contribution in [2.75, 3.05) is 5.32 Å². The van der Waals surface area contributed by atoms with Crippen molar-refractivity contribution in [2.45, 2.75) is 26.7 Å². The minimum Gasteiger partial charge on any atom is -0.340 e. The first kappa shape index (κ1) is 13.1. The summed E-state index contributed by atoms with van der Waals surface area (Å²) in [6.07, 6.45) is 0. The Bertz CT molecular complexity index is 624. The number of nitrogens with zero attached hydrogens (tertiary/aromatic N) is 2. The third kappa shape index (κ3) is 3.11. The molecule has 0 bridgehead atoms. The maximum absolute atomic E-state index is 8.99. The number of benzene rings is 1. The third-order valence-corrected chi connectivity index (χ3v) is 2.93. The average Bonchev–Trinajstić information content (AvgIpc) is 2.38. The number of pyridine rings is 1. The van der Waals surface area contributed by atoms with Gasteiger partial charge in [-0.3, -0.25) is 0 Å². The van der Waals surface area contributed by atoms with E-state index in [4.69, 9.17) is 5.26 Å². The molecule has 0 atom stereocenters. The maximum atomic E-state index is 8.99. The molecule has 96 valence electrons. The normalized spacial score (nSPS) is 10.3. The number of nitrogens with one attached hydrogen (secondary N) is 1. The number of anilines is 2. The number of aryl methyl sites for hydroxylation is 1. The average molecular weight is 251 g/mol. The zero-order chi connectivity index (χ0) is 13.8. The van der Waals surface area contributed by atoms with Crippen LogP contribution in [0.4, 0.5) is 11.5 Å². The van der Waals surface area contributed by atoms with Crippen molar-refractivity contribution in [1.29, 1.82) is 5.26 Å². The first-order chi connectivity index (χ1) is 9.10. The van der Waals surface area contributed by atoms with Gasteiger partial charge in [-0.2, -0.15) is 5.26 Å². The van der Waals surface area contributed by atoms with E-state index >= 15 is 0 Å². The summed E-state index contributed by atoms with van der Waals surface area (Å²) in [6, 6.07) is 13.9. The second kappa shape index (κ2) is 5.53. The molecule has 0 unspecified atom stereocenters. The van der Waals surface area contributed by atoms with E-state index in [1.54, 1.807) is 12.1 Å². The molecule has 1 heterocycles. The lowest BCUT2D eigenvalue weighted by molar-refractivity contribution is 0.869. The highest BCUT2D eigenvalue weighted by Gasteiger charge is 2.07. The lowest BCUT2D eigenvalue weighted by Crippen LogP contribution is -2.00. The molecule has 0 aliphatic rings. The molecule has 1 aromatic carbocycles. The molecule has 1 aromatic heterocycles. The lowest BCUT2D eigenvalue weighted by Gasteiger charge is -2.14. The predicted octanol–water partition coefficient (Wildman–Crippen LogP) is 4.13. The second-order valence-electron chi connectivity index (χ2n) is 4.86. The van der Waals surface area contributed by atoms with Crippen LogP contribution in [0.1, 0.15) is 36.6 Å². The maximum Gasteiger partial charge on any atom is 0.131 e. The van der Waals surface area contributed by atoms with Gasteiger partial charge in [-0.15, -0.1) is 0 Å². The first-order valence-corrected chi connectivity index (χ1v) is 6.35. The molecule has 0 radical (unpaired) electrons. The zero-order valence-electron chi connectivity index (χ0n) is 11.4. The van der Waals surface area contributed by atoms with Crippen molar-refractivity contribution < 1.29 is 0 Å². The number of rotatable bonds is 3. The van der Waals surface area contributed by atoms with Gasteiger partial charge < -0.3 is 5.32 Å². The van der Waals surface area contributed by atoms with Crippen molar-refractivity contribution in [3.8, 4) is 6.07 Å². The number of nitriles is 1. The van der Waals surface area contributed by atoms with Gasteiger partial charge in [0.15, 0.2) is 0 Å². The van der Waals surface area contributed by atoms with Crippen LogP contribution >= 0.6 is 0 Å². The summed E-state index contributed by atoms with van der Waals surface area (Å²) in [5, 5.41) is 12.3. The summed E-state index contributed by atoms with van der Waals surface area (Å²) in [4.78, 5) is 4.42. The van der Waals surface area contributed by atoms with Gasteiger partial charge in [0.05, 0.1) is 11.6 Å². The molecule has 2 rings (SSSR count). The Morgan fingerprint density at radius 2 is 1.95 bits per heavy atom. The standard InChI is InChI=1S/C16H17N3/c1-11(2)14-6-4-5-7-15(14)19-16-9-13(10-17)8-12(3)18-16/h4-9,11H,1-3H3,(H,18,19). The summed E-state index contributed by atoms with van der Waals surface area (Å²) in [5.41, 5.74) is 3.74. The largest absolute Gasteiger partial charge is 0.340 e. The van der Waals surface area contributed by atoms with Crippen molar-refractivity contribution in [3.63, 3.8) is 0 Å². The fourth-order valence-corrected chi connectivity index (χ4v) is 2.05. The topological polar surface area (TPSA) is 48.7 Å². The van der Waals surface area contributed by atoms with Crippen LogP contribution in [0.15, 0.2) is 36.4 Å². The van der Waals surface area contributed by atoms with Gasteiger partial charge in [0.2, 0.25) is 0 Å². The molecule has 1 N–H and O–H groups in total. The second-order valence-corrected chi connectivity index (χ2v) is 4.86. The molecule has 3 heteroatoms. The van der Waals surface area contributed by atoms with E-state index < -0.39 is 0 Å². The van der Waals surface area contributed by atoms with E-state index in [9.17, 15) is 0 Å². The van der Waals surface area contributed by atoms with Gasteiger partial charge in [0, 0.05) is 11.4 Å². The van der Waals surface area contributed by atoms with Gasteiger partial charge in [0.1, 0.15) is 5.82 Å². The number of para-hydroxylation sites is 1. The molecule has 3 nitrogen and oxygen atoms in total. The lowest BCUT2D eigenvalue weighted by atomic mass is 10.0. The third-order valence-electron chi connectivity index (χ3n) is 2.93. The summed E-state index contributed by atoms with van der Waals surface area (Å²) in [6.45, 7) is 6.20. The van der Waals surface area contributed by atoms with Gasteiger partial charge in [-0.25, -0.2) is 4.98 Å². The molecular formula is C16H17N3. The van der Waals surface area contributed by atoms with Crippen LogP contribution in [0.25, 0.3) is 0 Å². The molecule has 0 saturated carbocycles. The minimum absolute atomic E-state index is 0.434. The van der Waals surface area contributed by atoms with Crippen LogP contribution in [-0.2, 0) is 0 Å². The Morgan fingerprint density at radius 1 is 1.21 bits per heavy atom. The monoisotopic (exact) mass is 251 g/mol. The molecule has 0 aliphatic heterocycles. The summed E-state index contributed by atoms with van der Waals surface area (Å²) in [5.74, 6) is 1.15. The first-order valence-electron chi connectivity index (χ1n) is 6.35. The zero-order valence-corrected chi connectivity index (χ0v) is 11.4. The minimum atomic E-state index is 0.434. The molecule has 0 fully saturated rings. The highest BCUT2D eigenvalue weighted by molar-refractivity contribution is 5.62. The quantitative estimate of drug-likeness (QED) is 0.892. The SMILES string of the molecule is Cc1cc(C#N)cc(Nc2ccccc2C(C)C)n1. The highest BCUT2D eigenvalue weighted by atomic mass is 15.0. The van der Waals surface area contributed by atoms with E-state index in [1.807, 2.05) is 25.1 Å². The molecule has 0 aliphatic carbocycles. The Morgan fingerprint density at radius 3 is 2.63 bits per heavy atom. The smallest absolute Gasteiger partial charge is 0.131 e. The Hall–Kier alpha value is -2.34. The Labute approximate surface area is 113 Å². The van der Waals surface area contributed by atoms with Crippen molar-refractivity contribution >= 4 is 11.5 Å². The van der Waals surface area contributed by atoms with Crippen molar-refractivity contribution in [3.05, 3.63) is 53.2 Å². The number of hydrogen-bond donors (Lipinski definition) is 1. The Balaban J connectivity index is 2.37. The molecule has 19 heavy (non-hydrogen) atoms. The summed E-state index contributed by atoms with van der Waals surface area (Å²) in [7, 11) is 0. The molecular weight excluding hydrogens is 234 g/mol. The Kier molecular flexibility index (Phi) is 3.82. The van der Waals surface area contributed by atoms with Gasteiger partial charge in [0.25, 0.3) is 0 Å². The molecule has 0 spiro atoms. The van der Waals surface area contributed by atoms with E-state index in [1.165, 1.54) is 5.56 Å². The molecule has 2 aromatic rings.